The minimum Gasteiger partial charge on any atom is -0.281 e. The van der Waals surface area contributed by atoms with Gasteiger partial charge in [-0.2, -0.15) is 21.6 Å². The molecule has 1 rings (SSSR count). The first-order valence-corrected chi connectivity index (χ1v) is 6.07. The van der Waals surface area contributed by atoms with Crippen LogP contribution in [0.25, 0.3) is 0 Å². The Bertz CT molecular complexity index is 469. The SMILES string of the molecule is O=C(Br)c1ccccc1.O=S(=O)(O)C(F)(F)F. The smallest absolute Gasteiger partial charge is 0.281 e. The summed E-state index contributed by atoms with van der Waals surface area (Å²) in [6.07, 6.45) is 0. The van der Waals surface area contributed by atoms with E-state index in [1.54, 1.807) is 12.1 Å². The van der Waals surface area contributed by atoms with Gasteiger partial charge in [-0.15, -0.1) is 0 Å². The Morgan fingerprint density at radius 1 is 1.18 bits per heavy atom. The monoisotopic (exact) mass is 334 g/mol. The van der Waals surface area contributed by atoms with Gasteiger partial charge in [0.15, 0.2) is 0 Å². The Balaban J connectivity index is 0.000000304. The summed E-state index contributed by atoms with van der Waals surface area (Å²) in [5.74, 6) is 0. The maximum atomic E-state index is 10.7. The van der Waals surface area contributed by atoms with E-state index in [9.17, 15) is 18.0 Å². The number of benzene rings is 1. The summed E-state index contributed by atoms with van der Waals surface area (Å²) in [5.41, 5.74) is -4.84. The van der Waals surface area contributed by atoms with Crippen molar-refractivity contribution in [2.45, 2.75) is 5.51 Å². The van der Waals surface area contributed by atoms with Crippen molar-refractivity contribution < 1.29 is 30.9 Å². The van der Waals surface area contributed by atoms with Crippen molar-refractivity contribution in [3.63, 3.8) is 0 Å². The molecule has 0 aliphatic heterocycles. The molecule has 1 aromatic carbocycles. The molecule has 0 aromatic heterocycles. The van der Waals surface area contributed by atoms with Crippen molar-refractivity contribution in [2.75, 3.05) is 0 Å². The van der Waals surface area contributed by atoms with E-state index >= 15 is 0 Å². The lowest BCUT2D eigenvalue weighted by Crippen LogP contribution is -2.21. The average Bonchev–Trinajstić information content (AvgIpc) is 2.17. The molecule has 0 saturated carbocycles. The molecule has 1 N–H and O–H groups in total. The predicted octanol–water partition coefficient (Wildman–Crippen LogP) is 2.62. The molecular weight excluding hydrogens is 329 g/mol. The van der Waals surface area contributed by atoms with Gasteiger partial charge in [0.2, 0.25) is 4.69 Å². The number of halogens is 4. The van der Waals surface area contributed by atoms with Crippen LogP contribution in [0.2, 0.25) is 0 Å². The first-order chi connectivity index (χ1) is 7.55. The standard InChI is InChI=1S/C7H5BrO.CHF3O3S/c8-7(9)6-4-2-1-3-5-6;2-1(3,4)8(5,6)7/h1-5H;(H,5,6,7). The molecule has 17 heavy (non-hydrogen) atoms. The molecule has 0 bridgehead atoms. The molecule has 1 aromatic rings. The highest BCUT2D eigenvalue weighted by Crippen LogP contribution is 2.20. The van der Waals surface area contributed by atoms with Crippen LogP contribution < -0.4 is 0 Å². The number of carbonyl (C=O) groups excluding carboxylic acids is 1. The topological polar surface area (TPSA) is 71.4 Å². The molecule has 0 saturated heterocycles. The van der Waals surface area contributed by atoms with Gasteiger partial charge < -0.3 is 0 Å². The molecule has 0 unspecified atom stereocenters. The van der Waals surface area contributed by atoms with Gasteiger partial charge in [-0.05, 0) is 15.9 Å². The van der Waals surface area contributed by atoms with Crippen molar-refractivity contribution in [1.82, 2.24) is 0 Å². The number of alkyl halides is 3. The molecule has 0 heterocycles. The van der Waals surface area contributed by atoms with Crippen molar-refractivity contribution in [3.8, 4) is 0 Å². The maximum absolute atomic E-state index is 10.7. The van der Waals surface area contributed by atoms with Crippen LogP contribution in [0.1, 0.15) is 10.4 Å². The van der Waals surface area contributed by atoms with E-state index in [1.165, 1.54) is 0 Å². The summed E-state index contributed by atoms with van der Waals surface area (Å²) < 4.78 is 57.5. The van der Waals surface area contributed by atoms with Gasteiger partial charge in [0.1, 0.15) is 0 Å². The van der Waals surface area contributed by atoms with Crippen LogP contribution in [0.3, 0.4) is 0 Å². The van der Waals surface area contributed by atoms with Crippen LogP contribution in [-0.4, -0.2) is 23.2 Å². The van der Waals surface area contributed by atoms with Gasteiger partial charge >= 0.3 is 15.6 Å². The van der Waals surface area contributed by atoms with E-state index < -0.39 is 15.6 Å². The first kappa shape index (κ1) is 16.1. The highest BCUT2D eigenvalue weighted by atomic mass is 79.9. The Morgan fingerprint density at radius 3 is 1.71 bits per heavy atom. The zero-order valence-corrected chi connectivity index (χ0v) is 10.4. The van der Waals surface area contributed by atoms with Crippen LogP contribution in [0, 0.1) is 0 Å². The summed E-state index contributed by atoms with van der Waals surface area (Å²) in [6, 6.07) is 9.05. The molecule has 9 heteroatoms. The molecule has 96 valence electrons. The third kappa shape index (κ3) is 6.39. The lowest BCUT2D eigenvalue weighted by atomic mass is 10.2. The van der Waals surface area contributed by atoms with Crippen molar-refractivity contribution in [2.24, 2.45) is 0 Å². The molecule has 0 spiro atoms. The van der Waals surface area contributed by atoms with E-state index in [4.69, 9.17) is 13.0 Å². The number of carbonyl (C=O) groups is 1. The first-order valence-electron chi connectivity index (χ1n) is 3.84. The van der Waals surface area contributed by atoms with Crippen LogP contribution >= 0.6 is 15.9 Å². The normalized spacial score (nSPS) is 11.4. The summed E-state index contributed by atoms with van der Waals surface area (Å²) in [6.45, 7) is 0. The second kappa shape index (κ2) is 6.12. The lowest BCUT2D eigenvalue weighted by molar-refractivity contribution is -0.0510. The van der Waals surface area contributed by atoms with E-state index in [-0.39, 0.29) is 4.69 Å². The second-order valence-electron chi connectivity index (χ2n) is 2.56. The van der Waals surface area contributed by atoms with Crippen LogP contribution in [-0.2, 0) is 10.1 Å². The van der Waals surface area contributed by atoms with E-state index in [0.29, 0.717) is 5.56 Å². The maximum Gasteiger partial charge on any atom is 0.522 e. The van der Waals surface area contributed by atoms with E-state index in [1.807, 2.05) is 18.2 Å². The predicted molar refractivity (Wildman–Crippen MR) is 57.3 cm³/mol. The molecule has 0 aliphatic rings. The average molecular weight is 335 g/mol. The molecule has 0 fully saturated rings. The van der Waals surface area contributed by atoms with Gasteiger partial charge in [-0.25, -0.2) is 0 Å². The van der Waals surface area contributed by atoms with Gasteiger partial charge in [0.25, 0.3) is 0 Å². The molecule has 0 radical (unpaired) electrons. The van der Waals surface area contributed by atoms with Gasteiger partial charge in [0.05, 0.1) is 0 Å². The fourth-order valence-electron chi connectivity index (χ4n) is 0.569. The quantitative estimate of drug-likeness (QED) is 0.487. The largest absolute Gasteiger partial charge is 0.522 e. The van der Waals surface area contributed by atoms with E-state index in [2.05, 4.69) is 15.9 Å². The van der Waals surface area contributed by atoms with Crippen LogP contribution in [0.15, 0.2) is 30.3 Å². The highest BCUT2D eigenvalue weighted by molar-refractivity contribution is 9.18. The summed E-state index contributed by atoms with van der Waals surface area (Å²) >= 11 is 2.84. The number of rotatable bonds is 1. The van der Waals surface area contributed by atoms with Crippen molar-refractivity contribution in [1.29, 1.82) is 0 Å². The second-order valence-corrected chi connectivity index (χ2v) is 4.69. The Labute approximate surface area is 103 Å². The van der Waals surface area contributed by atoms with Gasteiger partial charge in [0, 0.05) is 5.56 Å². The third-order valence-electron chi connectivity index (χ3n) is 1.29. The van der Waals surface area contributed by atoms with Crippen LogP contribution in [0.4, 0.5) is 13.2 Å². The summed E-state index contributed by atoms with van der Waals surface area (Å²) in [7, 11) is -5.84. The molecule has 0 aliphatic carbocycles. The summed E-state index contributed by atoms with van der Waals surface area (Å²) in [4.78, 5) is 10.6. The fraction of sp³-hybridized carbons (Fsp3) is 0.125. The zero-order chi connectivity index (χ0) is 13.7. The minimum atomic E-state index is -5.84. The zero-order valence-electron chi connectivity index (χ0n) is 7.98. The fourth-order valence-corrected chi connectivity index (χ4v) is 0.834. The van der Waals surface area contributed by atoms with E-state index in [0.717, 1.165) is 0 Å². The van der Waals surface area contributed by atoms with Crippen molar-refractivity contribution >= 4 is 30.7 Å². The van der Waals surface area contributed by atoms with Crippen molar-refractivity contribution in [3.05, 3.63) is 35.9 Å². The Kier molecular flexibility index (Phi) is 5.79. The summed E-state index contributed by atoms with van der Waals surface area (Å²) in [5, 5.41) is 0. The number of hydrogen-bond donors (Lipinski definition) is 1. The molecular formula is C8H6BrF3O4S. The number of hydrogen-bond acceptors (Lipinski definition) is 3. The third-order valence-corrected chi connectivity index (χ3v) is 2.34. The minimum absolute atomic E-state index is 0.0666. The molecule has 4 nitrogen and oxygen atoms in total. The Morgan fingerprint density at radius 2 is 1.53 bits per heavy atom. The molecule has 0 amide bonds. The Hall–Kier alpha value is -0.930. The van der Waals surface area contributed by atoms with Gasteiger partial charge in [-0.3, -0.25) is 9.35 Å². The molecule has 0 atom stereocenters. The van der Waals surface area contributed by atoms with Gasteiger partial charge in [-0.1, -0.05) is 30.3 Å². The highest BCUT2D eigenvalue weighted by Gasteiger charge is 2.44. The van der Waals surface area contributed by atoms with Crippen LogP contribution in [0.5, 0.6) is 0 Å². The lowest BCUT2D eigenvalue weighted by Gasteiger charge is -1.97.